The largest absolute Gasteiger partial charge is 0.358 e. The lowest BCUT2D eigenvalue weighted by atomic mass is 10.1. The van der Waals surface area contributed by atoms with Crippen molar-refractivity contribution in [2.45, 2.75) is 41.5 Å². The zero-order valence-electron chi connectivity index (χ0n) is 13.4. The number of aryl methyl sites for hydroxylation is 1. The average molecular weight is 259 g/mol. The van der Waals surface area contributed by atoms with Gasteiger partial charge in [0, 0.05) is 22.5 Å². The number of allylic oxidation sites excluding steroid dienone is 3. The van der Waals surface area contributed by atoms with Gasteiger partial charge in [-0.2, -0.15) is 0 Å². The standard InChI is InChI=1S/C14H17N.2C2H6/c1-5-8-10-12-11(4)15-14(7-3)13(12)9-6-2;2*1-2/h5-10,15H,1,3H2,2,4H3;2*1-2H3/b9-6-,10-8-;;. The van der Waals surface area contributed by atoms with Crippen LogP contribution < -0.4 is 0 Å². The highest BCUT2D eigenvalue weighted by Gasteiger charge is 2.07. The lowest BCUT2D eigenvalue weighted by molar-refractivity contribution is 1.24. The van der Waals surface area contributed by atoms with Crippen LogP contribution in [0.5, 0.6) is 0 Å². The van der Waals surface area contributed by atoms with E-state index < -0.39 is 0 Å². The molecular weight excluding hydrogens is 230 g/mol. The molecule has 1 aromatic heterocycles. The Hall–Kier alpha value is -1.76. The molecule has 1 rings (SSSR count). The summed E-state index contributed by atoms with van der Waals surface area (Å²) in [5, 5.41) is 0. The molecule has 1 aromatic rings. The van der Waals surface area contributed by atoms with Crippen molar-refractivity contribution in [1.82, 2.24) is 4.98 Å². The first-order chi connectivity index (χ1) is 9.24. The molecule has 0 saturated heterocycles. The molecule has 1 heteroatoms. The number of rotatable bonds is 4. The maximum atomic E-state index is 3.80. The minimum atomic E-state index is 1.06. The van der Waals surface area contributed by atoms with Gasteiger partial charge >= 0.3 is 0 Å². The van der Waals surface area contributed by atoms with Gasteiger partial charge in [0.2, 0.25) is 0 Å². The minimum Gasteiger partial charge on any atom is -0.358 e. The van der Waals surface area contributed by atoms with Crippen molar-refractivity contribution in [2.75, 3.05) is 0 Å². The van der Waals surface area contributed by atoms with Gasteiger partial charge in [-0.3, -0.25) is 0 Å². The fourth-order valence-electron chi connectivity index (χ4n) is 1.57. The average Bonchev–Trinajstić information content (AvgIpc) is 2.77. The highest BCUT2D eigenvalue weighted by atomic mass is 14.7. The van der Waals surface area contributed by atoms with Crippen LogP contribution in [-0.4, -0.2) is 4.98 Å². The van der Waals surface area contributed by atoms with E-state index in [1.54, 1.807) is 6.08 Å². The third kappa shape index (κ3) is 6.10. The van der Waals surface area contributed by atoms with E-state index >= 15 is 0 Å². The zero-order valence-corrected chi connectivity index (χ0v) is 13.4. The molecule has 0 amide bonds. The van der Waals surface area contributed by atoms with Crippen LogP contribution in [0.4, 0.5) is 0 Å². The van der Waals surface area contributed by atoms with Gasteiger partial charge in [-0.05, 0) is 19.9 Å². The van der Waals surface area contributed by atoms with E-state index in [2.05, 4.69) is 37.2 Å². The van der Waals surface area contributed by atoms with Crippen LogP contribution in [0, 0.1) is 6.92 Å². The summed E-state index contributed by atoms with van der Waals surface area (Å²) in [6.07, 6.45) is 11.7. The number of aromatic nitrogens is 1. The van der Waals surface area contributed by atoms with Gasteiger partial charge in [-0.25, -0.2) is 0 Å². The molecule has 19 heavy (non-hydrogen) atoms. The highest BCUT2D eigenvalue weighted by molar-refractivity contribution is 5.74. The summed E-state index contributed by atoms with van der Waals surface area (Å²) in [6.45, 7) is 19.5. The van der Waals surface area contributed by atoms with E-state index in [1.807, 2.05) is 52.8 Å². The second-order valence-electron chi connectivity index (χ2n) is 3.29. The SMILES string of the molecule is C=C/C=C\c1c(C)[nH]c(C=C)c1/C=C\C.CC.CC. The van der Waals surface area contributed by atoms with Crippen LogP contribution in [0.25, 0.3) is 18.2 Å². The highest BCUT2D eigenvalue weighted by Crippen LogP contribution is 2.22. The lowest BCUT2D eigenvalue weighted by Gasteiger charge is -1.95. The number of aromatic amines is 1. The number of nitrogens with one attached hydrogen (secondary N) is 1. The summed E-state index contributed by atoms with van der Waals surface area (Å²) in [4.78, 5) is 3.30. The van der Waals surface area contributed by atoms with Crippen LogP contribution in [-0.2, 0) is 0 Å². The van der Waals surface area contributed by atoms with E-state index in [-0.39, 0.29) is 0 Å². The van der Waals surface area contributed by atoms with Gasteiger partial charge in [0.25, 0.3) is 0 Å². The van der Waals surface area contributed by atoms with E-state index in [0.29, 0.717) is 0 Å². The van der Waals surface area contributed by atoms with Crippen LogP contribution in [0.2, 0.25) is 0 Å². The molecule has 0 aliphatic heterocycles. The topological polar surface area (TPSA) is 15.8 Å². The normalized spacial score (nSPS) is 9.58. The van der Waals surface area contributed by atoms with Crippen molar-refractivity contribution >= 4 is 18.2 Å². The Bertz CT molecular complexity index is 417. The molecule has 0 atom stereocenters. The number of hydrogen-bond donors (Lipinski definition) is 1. The van der Waals surface area contributed by atoms with Crippen molar-refractivity contribution in [2.24, 2.45) is 0 Å². The Morgan fingerprint density at radius 2 is 1.53 bits per heavy atom. The second-order valence-corrected chi connectivity index (χ2v) is 3.29. The lowest BCUT2D eigenvalue weighted by Crippen LogP contribution is -1.77. The number of H-pyrrole nitrogens is 1. The first kappa shape index (κ1) is 19.6. The maximum absolute atomic E-state index is 3.80. The van der Waals surface area contributed by atoms with Gasteiger partial charge < -0.3 is 4.98 Å². The predicted molar refractivity (Wildman–Crippen MR) is 92.3 cm³/mol. The summed E-state index contributed by atoms with van der Waals surface area (Å²) < 4.78 is 0. The Morgan fingerprint density at radius 3 is 1.95 bits per heavy atom. The Kier molecular flexibility index (Phi) is 13.1. The molecule has 1 N–H and O–H groups in total. The molecular formula is C18H29N. The van der Waals surface area contributed by atoms with Crippen molar-refractivity contribution < 1.29 is 0 Å². The predicted octanol–water partition coefficient (Wildman–Crippen LogP) is 6.25. The summed E-state index contributed by atoms with van der Waals surface area (Å²) in [6, 6.07) is 0. The Morgan fingerprint density at radius 1 is 0.947 bits per heavy atom. The van der Waals surface area contributed by atoms with Crippen LogP contribution >= 0.6 is 0 Å². The molecule has 0 saturated carbocycles. The van der Waals surface area contributed by atoms with Gasteiger partial charge in [0.1, 0.15) is 0 Å². The molecule has 106 valence electrons. The monoisotopic (exact) mass is 259 g/mol. The first-order valence-corrected chi connectivity index (χ1v) is 7.01. The van der Waals surface area contributed by atoms with Crippen molar-refractivity contribution in [3.8, 4) is 0 Å². The van der Waals surface area contributed by atoms with Crippen molar-refractivity contribution in [1.29, 1.82) is 0 Å². The molecule has 0 aromatic carbocycles. The second kappa shape index (κ2) is 12.7. The fourth-order valence-corrected chi connectivity index (χ4v) is 1.57. The Balaban J connectivity index is 0. The summed E-state index contributed by atoms with van der Waals surface area (Å²) >= 11 is 0. The van der Waals surface area contributed by atoms with Gasteiger partial charge in [0.05, 0.1) is 0 Å². The smallest absolute Gasteiger partial charge is 0.0456 e. The molecule has 1 heterocycles. The van der Waals surface area contributed by atoms with E-state index in [1.165, 1.54) is 11.1 Å². The quantitative estimate of drug-likeness (QED) is 0.615. The maximum Gasteiger partial charge on any atom is 0.0456 e. The zero-order chi connectivity index (χ0) is 15.3. The van der Waals surface area contributed by atoms with Crippen LogP contribution in [0.3, 0.4) is 0 Å². The molecule has 1 nitrogen and oxygen atoms in total. The van der Waals surface area contributed by atoms with Crippen molar-refractivity contribution in [3.63, 3.8) is 0 Å². The third-order valence-electron chi connectivity index (χ3n) is 2.24. The van der Waals surface area contributed by atoms with Gasteiger partial charge in [-0.15, -0.1) is 0 Å². The van der Waals surface area contributed by atoms with E-state index in [0.717, 1.165) is 11.4 Å². The van der Waals surface area contributed by atoms with Gasteiger partial charge in [-0.1, -0.05) is 71.2 Å². The Labute approximate surface area is 119 Å². The first-order valence-electron chi connectivity index (χ1n) is 7.01. The molecule has 0 fully saturated rings. The van der Waals surface area contributed by atoms with Crippen LogP contribution in [0.1, 0.15) is 57.1 Å². The summed E-state index contributed by atoms with van der Waals surface area (Å²) in [5.74, 6) is 0. The van der Waals surface area contributed by atoms with Crippen LogP contribution in [0.15, 0.2) is 31.4 Å². The van der Waals surface area contributed by atoms with E-state index in [9.17, 15) is 0 Å². The molecule has 0 radical (unpaired) electrons. The third-order valence-corrected chi connectivity index (χ3v) is 2.24. The van der Waals surface area contributed by atoms with Crippen molar-refractivity contribution in [3.05, 3.63) is 53.9 Å². The fraction of sp³-hybridized carbons (Fsp3) is 0.333. The molecule has 0 bridgehead atoms. The molecule has 0 aliphatic rings. The molecule has 0 aliphatic carbocycles. The van der Waals surface area contributed by atoms with E-state index in [4.69, 9.17) is 0 Å². The minimum absolute atomic E-state index is 1.06. The molecule has 0 unspecified atom stereocenters. The molecule has 0 spiro atoms. The van der Waals surface area contributed by atoms with Gasteiger partial charge in [0.15, 0.2) is 0 Å². The number of hydrogen-bond acceptors (Lipinski definition) is 0. The summed E-state index contributed by atoms with van der Waals surface area (Å²) in [7, 11) is 0. The summed E-state index contributed by atoms with van der Waals surface area (Å²) in [5.41, 5.74) is 4.59.